The minimum Gasteiger partial charge on any atom is -0.358 e. The molecule has 0 aliphatic heterocycles. The van der Waals surface area contributed by atoms with Gasteiger partial charge >= 0.3 is 11.7 Å². The highest BCUT2D eigenvalue weighted by atomic mass is 127. The summed E-state index contributed by atoms with van der Waals surface area (Å²) in [4.78, 5) is 24.2. The first-order valence-electron chi connectivity index (χ1n) is 5.33. The van der Waals surface area contributed by atoms with Crippen molar-refractivity contribution in [2.75, 3.05) is 6.54 Å². The molecule has 13 heteroatoms. The number of nitrogens with one attached hydrogen (secondary N) is 1. The summed E-state index contributed by atoms with van der Waals surface area (Å²) in [6.45, 7) is -2.08. The number of carbonyl (C=O) groups is 1. The van der Waals surface area contributed by atoms with Crippen molar-refractivity contribution in [3.8, 4) is 0 Å². The first-order chi connectivity index (χ1) is 9.59. The molecule has 0 unspecified atom stereocenters. The van der Waals surface area contributed by atoms with Gasteiger partial charge in [-0.15, -0.1) is 22.4 Å². The number of hydrogen-bond acceptors (Lipinski definition) is 4. The topological polar surface area (TPSA) is 90.1 Å². The van der Waals surface area contributed by atoms with Crippen LogP contribution in [0.25, 0.3) is 0 Å². The summed E-state index contributed by atoms with van der Waals surface area (Å²) in [6, 6.07) is 0. The van der Waals surface area contributed by atoms with E-state index in [1.807, 2.05) is 0 Å². The molecule has 1 aromatic rings. The van der Waals surface area contributed by atoms with Gasteiger partial charge in [0.1, 0.15) is 12.7 Å². The second kappa shape index (κ2) is 6.57. The third-order valence-corrected chi connectivity index (χ3v) is 3.30. The smallest absolute Gasteiger partial charge is 0.358 e. The van der Waals surface area contributed by atoms with E-state index in [0.717, 1.165) is 39.5 Å². The molecule has 1 amide bonds. The number of nitrogens with zero attached hydrogens (tertiary/aromatic N) is 3. The van der Waals surface area contributed by atoms with Crippen LogP contribution in [0.3, 0.4) is 0 Å². The van der Waals surface area contributed by atoms with Gasteiger partial charge in [0.15, 0.2) is 0 Å². The van der Waals surface area contributed by atoms with Crippen LogP contribution in [-0.4, -0.2) is 43.8 Å². The molecule has 0 spiro atoms. The van der Waals surface area contributed by atoms with E-state index >= 15 is 0 Å². The Balaban J connectivity index is 2.56. The van der Waals surface area contributed by atoms with Gasteiger partial charge in [-0.05, 0) is 9.91 Å². The third-order valence-electron chi connectivity index (χ3n) is 2.34. The van der Waals surface area contributed by atoms with Crippen LogP contribution in [0.5, 0.6) is 0 Å². The third kappa shape index (κ3) is 4.54. The molecule has 1 rings (SSSR count). The van der Waals surface area contributed by atoms with E-state index < -0.39 is 46.6 Å². The maximum Gasteiger partial charge on any atom is 0.381 e. The average Bonchev–Trinajstić information content (AvgIpc) is 2.85. The fraction of sp³-hybridized carbons (Fsp3) is 0.500. The fourth-order valence-electron chi connectivity index (χ4n) is 1.19. The van der Waals surface area contributed by atoms with Crippen molar-refractivity contribution in [1.29, 1.82) is 0 Å². The zero-order valence-corrected chi connectivity index (χ0v) is 12.4. The van der Waals surface area contributed by atoms with E-state index in [1.165, 1.54) is 0 Å². The molecule has 0 aliphatic carbocycles. The summed E-state index contributed by atoms with van der Waals surface area (Å²) in [6.07, 6.45) is 1.87. The molecule has 0 aromatic carbocycles. The number of imidazole rings is 1. The predicted molar refractivity (Wildman–Crippen MR) is 73.0 cm³/mol. The van der Waals surface area contributed by atoms with E-state index in [1.54, 1.807) is 5.32 Å². The minimum absolute atomic E-state index is 0.524. The monoisotopic (exact) mass is 422 g/mol. The molecular weight excluding hydrogens is 414 g/mol. The second-order valence-corrected chi connectivity index (χ2v) is 4.74. The molecule has 116 valence electrons. The van der Waals surface area contributed by atoms with Gasteiger partial charge in [0.25, 0.3) is 11.0 Å². The lowest BCUT2D eigenvalue weighted by Crippen LogP contribution is -2.51. The first kappa shape index (κ1) is 17.6. The van der Waals surface area contributed by atoms with Gasteiger partial charge in [0, 0.05) is 0 Å². The Kier molecular flexibility index (Phi) is 5.52. The number of amides is 1. The van der Waals surface area contributed by atoms with Crippen molar-refractivity contribution in [3.63, 3.8) is 0 Å². The second-order valence-electron chi connectivity index (χ2n) is 3.98. The van der Waals surface area contributed by atoms with Crippen molar-refractivity contribution in [3.05, 3.63) is 22.6 Å². The Hall–Kier alpha value is -1.41. The van der Waals surface area contributed by atoms with Crippen LogP contribution >= 0.6 is 22.4 Å². The normalized spacial score (nSPS) is 12.0. The van der Waals surface area contributed by atoms with Gasteiger partial charge in [-0.1, -0.05) is 0 Å². The minimum atomic E-state index is -4.38. The van der Waals surface area contributed by atoms with Gasteiger partial charge < -0.3 is 20.0 Å². The molecule has 0 aliphatic rings. The van der Waals surface area contributed by atoms with Crippen LogP contribution < -0.4 is 5.32 Å². The number of carbonyl (C=O) groups excluding carboxylic acids is 1. The molecule has 0 radical (unpaired) electrons. The average molecular weight is 422 g/mol. The molecule has 0 fully saturated rings. The van der Waals surface area contributed by atoms with Crippen molar-refractivity contribution in [1.82, 2.24) is 14.9 Å². The molecule has 21 heavy (non-hydrogen) atoms. The number of aromatic nitrogens is 2. The van der Waals surface area contributed by atoms with Crippen LogP contribution in [0, 0.1) is 10.1 Å². The maximum absolute atomic E-state index is 13.1. The van der Waals surface area contributed by atoms with Crippen molar-refractivity contribution >= 4 is 39.2 Å². The summed E-state index contributed by atoms with van der Waals surface area (Å²) in [5.41, 5.74) is 0. The Bertz CT molecular complexity index is 541. The summed E-state index contributed by atoms with van der Waals surface area (Å²) >= 11 is 1.12. The molecule has 0 saturated heterocycles. The number of hydrogen-bond donors (Lipinski definition) is 1. The zero-order chi connectivity index (χ0) is 16.3. The number of nitro groups is 1. The standard InChI is InChI=1S/C8H8BF4IN4O3/c10-7(11,8(12,13)9-14)3-15-6(19)2-17-1-5(16-4-17)18(20)21/h1,4,9H,2-3H2,(H,15,19). The van der Waals surface area contributed by atoms with Crippen LogP contribution in [0.4, 0.5) is 23.4 Å². The summed E-state index contributed by atoms with van der Waals surface area (Å²) in [5, 5.41) is 10.9. The van der Waals surface area contributed by atoms with E-state index in [2.05, 4.69) is 4.98 Å². The Labute approximate surface area is 129 Å². The lowest BCUT2D eigenvalue weighted by molar-refractivity contribution is -0.389. The molecule has 1 N–H and O–H groups in total. The van der Waals surface area contributed by atoms with Crippen LogP contribution in [0.2, 0.25) is 0 Å². The predicted octanol–water partition coefficient (Wildman–Crippen LogP) is 0.922. The van der Waals surface area contributed by atoms with Crippen molar-refractivity contribution in [2.24, 2.45) is 0 Å². The summed E-state index contributed by atoms with van der Waals surface area (Å²) in [7, 11) is 0. The Morgan fingerprint density at radius 2 is 2.14 bits per heavy atom. The summed E-state index contributed by atoms with van der Waals surface area (Å²) in [5.74, 6) is -10.1. The van der Waals surface area contributed by atoms with Gasteiger partial charge in [-0.2, -0.15) is 8.78 Å². The van der Waals surface area contributed by atoms with E-state index in [-0.39, 0.29) is 0 Å². The van der Waals surface area contributed by atoms with Crippen molar-refractivity contribution in [2.45, 2.75) is 18.3 Å². The van der Waals surface area contributed by atoms with Crippen LogP contribution in [0.15, 0.2) is 12.5 Å². The highest BCUT2D eigenvalue weighted by Crippen LogP contribution is 2.33. The highest BCUT2D eigenvalue weighted by molar-refractivity contribution is 14.1. The number of halogens is 5. The first-order valence-corrected chi connectivity index (χ1v) is 6.86. The largest absolute Gasteiger partial charge is 0.381 e. The lowest BCUT2D eigenvalue weighted by Gasteiger charge is -2.24. The quantitative estimate of drug-likeness (QED) is 0.233. The molecule has 1 heterocycles. The van der Waals surface area contributed by atoms with Crippen LogP contribution in [0.1, 0.15) is 0 Å². The SMILES string of the molecule is O=C(Cn1cnc([N+](=O)[O-])c1)NCC(F)(F)C(F)(F)BI. The molecule has 0 saturated carbocycles. The van der Waals surface area contributed by atoms with Gasteiger partial charge in [-0.25, -0.2) is 8.78 Å². The number of rotatable bonds is 7. The van der Waals surface area contributed by atoms with Gasteiger partial charge in [0.05, 0.1) is 6.54 Å². The molecular formula is C8H8BF4IN4O3. The van der Waals surface area contributed by atoms with E-state index in [4.69, 9.17) is 0 Å². The fourth-order valence-corrected chi connectivity index (χ4v) is 1.75. The molecule has 7 nitrogen and oxygen atoms in total. The number of alkyl halides is 4. The lowest BCUT2D eigenvalue weighted by atomic mass is 9.91. The van der Waals surface area contributed by atoms with Gasteiger partial charge in [0.2, 0.25) is 12.2 Å². The highest BCUT2D eigenvalue weighted by Gasteiger charge is 2.55. The zero-order valence-electron chi connectivity index (χ0n) is 10.2. The van der Waals surface area contributed by atoms with Crippen molar-refractivity contribution < 1.29 is 27.3 Å². The molecule has 0 atom stereocenters. The Morgan fingerprint density at radius 1 is 1.52 bits per heavy atom. The van der Waals surface area contributed by atoms with E-state index in [0.29, 0.717) is 0 Å². The maximum atomic E-state index is 13.1. The Morgan fingerprint density at radius 3 is 2.62 bits per heavy atom. The van der Waals surface area contributed by atoms with Gasteiger partial charge in [-0.3, -0.25) is 4.79 Å². The summed E-state index contributed by atoms with van der Waals surface area (Å²) < 4.78 is 53.0. The van der Waals surface area contributed by atoms with E-state index in [9.17, 15) is 32.5 Å². The molecule has 0 bridgehead atoms. The molecule has 1 aromatic heterocycles. The van der Waals surface area contributed by atoms with Crippen LogP contribution in [-0.2, 0) is 11.3 Å².